The minimum Gasteiger partial charge on any atom is -0.369 e. The van der Waals surface area contributed by atoms with Crippen molar-refractivity contribution in [3.05, 3.63) is 48.4 Å². The Hall–Kier alpha value is -2.47. The van der Waals surface area contributed by atoms with Crippen LogP contribution in [0.25, 0.3) is 0 Å². The summed E-state index contributed by atoms with van der Waals surface area (Å²) in [4.78, 5) is 25.3. The van der Waals surface area contributed by atoms with E-state index in [0.29, 0.717) is 5.82 Å². The van der Waals surface area contributed by atoms with E-state index in [1.807, 2.05) is 38.2 Å². The van der Waals surface area contributed by atoms with Crippen LogP contribution >= 0.6 is 0 Å². The highest BCUT2D eigenvalue weighted by molar-refractivity contribution is 5.93. The zero-order chi connectivity index (χ0) is 16.9. The first kappa shape index (κ1) is 16.4. The second-order valence-electron chi connectivity index (χ2n) is 6.06. The maximum absolute atomic E-state index is 12.4. The van der Waals surface area contributed by atoms with Crippen LogP contribution in [0.4, 0.5) is 11.5 Å². The Morgan fingerprint density at radius 3 is 2.58 bits per heavy atom. The molecular formula is C18H23N5O. The van der Waals surface area contributed by atoms with Crippen molar-refractivity contribution in [2.45, 2.75) is 19.9 Å². The summed E-state index contributed by atoms with van der Waals surface area (Å²) in [5.41, 5.74) is 2.23. The number of anilines is 2. The molecule has 0 aliphatic carbocycles. The van der Waals surface area contributed by atoms with Gasteiger partial charge in [0.15, 0.2) is 0 Å². The summed E-state index contributed by atoms with van der Waals surface area (Å²) in [7, 11) is 0. The van der Waals surface area contributed by atoms with E-state index in [9.17, 15) is 4.79 Å². The van der Waals surface area contributed by atoms with Gasteiger partial charge in [-0.25, -0.2) is 4.98 Å². The number of carbonyl (C=O) groups excluding carboxylic acids is 1. The van der Waals surface area contributed by atoms with Crippen molar-refractivity contribution in [3.63, 3.8) is 0 Å². The number of aryl methyl sites for hydroxylation is 1. The summed E-state index contributed by atoms with van der Waals surface area (Å²) in [5.74, 6) is 0.585. The molecule has 3 rings (SSSR count). The second-order valence-corrected chi connectivity index (χ2v) is 6.06. The van der Waals surface area contributed by atoms with Crippen LogP contribution in [0.5, 0.6) is 0 Å². The van der Waals surface area contributed by atoms with Gasteiger partial charge in [0.25, 0.3) is 0 Å². The molecule has 1 saturated heterocycles. The molecule has 6 nitrogen and oxygen atoms in total. The van der Waals surface area contributed by atoms with Crippen LogP contribution in [-0.2, 0) is 4.79 Å². The number of hydrogen-bond acceptors (Lipinski definition) is 5. The molecule has 0 aromatic carbocycles. The van der Waals surface area contributed by atoms with Gasteiger partial charge in [0.2, 0.25) is 5.91 Å². The van der Waals surface area contributed by atoms with Crippen molar-refractivity contribution in [3.8, 4) is 0 Å². The molecule has 1 aliphatic rings. The molecule has 3 heterocycles. The van der Waals surface area contributed by atoms with Crippen LogP contribution < -0.4 is 10.2 Å². The van der Waals surface area contributed by atoms with Gasteiger partial charge in [0.1, 0.15) is 5.82 Å². The Morgan fingerprint density at radius 2 is 1.92 bits per heavy atom. The van der Waals surface area contributed by atoms with Crippen LogP contribution in [0.3, 0.4) is 0 Å². The Morgan fingerprint density at radius 1 is 1.12 bits per heavy atom. The fourth-order valence-corrected chi connectivity index (χ4v) is 2.93. The molecule has 1 atom stereocenters. The molecule has 0 radical (unpaired) electrons. The molecule has 2 aromatic heterocycles. The molecule has 24 heavy (non-hydrogen) atoms. The SMILES string of the molecule is Cc1cc(N2CCN([C@H](C)C(=O)Nc3ccccn3)CC2)ccn1. The quantitative estimate of drug-likeness (QED) is 0.931. The summed E-state index contributed by atoms with van der Waals surface area (Å²) in [6.07, 6.45) is 3.52. The van der Waals surface area contributed by atoms with Gasteiger partial charge in [-0.15, -0.1) is 0 Å². The minimum absolute atomic E-state index is 0.0121. The maximum atomic E-state index is 12.4. The predicted molar refractivity (Wildman–Crippen MR) is 95.1 cm³/mol. The number of carbonyl (C=O) groups is 1. The molecular weight excluding hydrogens is 302 g/mol. The zero-order valence-electron chi connectivity index (χ0n) is 14.1. The van der Waals surface area contributed by atoms with Crippen molar-refractivity contribution < 1.29 is 4.79 Å². The molecule has 0 spiro atoms. The topological polar surface area (TPSA) is 61.4 Å². The number of piperazine rings is 1. The van der Waals surface area contributed by atoms with E-state index in [-0.39, 0.29) is 11.9 Å². The van der Waals surface area contributed by atoms with Gasteiger partial charge in [0.05, 0.1) is 6.04 Å². The summed E-state index contributed by atoms with van der Waals surface area (Å²) in [6.45, 7) is 7.49. The Bertz CT molecular complexity index is 683. The van der Waals surface area contributed by atoms with E-state index in [0.717, 1.165) is 31.9 Å². The largest absolute Gasteiger partial charge is 0.369 e. The van der Waals surface area contributed by atoms with E-state index in [1.54, 1.807) is 12.3 Å². The van der Waals surface area contributed by atoms with Crippen LogP contribution in [0, 0.1) is 6.92 Å². The molecule has 1 N–H and O–H groups in total. The molecule has 6 heteroatoms. The zero-order valence-corrected chi connectivity index (χ0v) is 14.1. The monoisotopic (exact) mass is 325 g/mol. The average molecular weight is 325 g/mol. The number of rotatable bonds is 4. The minimum atomic E-state index is -0.173. The van der Waals surface area contributed by atoms with Gasteiger partial charge in [-0.2, -0.15) is 0 Å². The Labute approximate surface area is 142 Å². The second kappa shape index (κ2) is 7.40. The van der Waals surface area contributed by atoms with Gasteiger partial charge in [-0.1, -0.05) is 6.07 Å². The molecule has 1 fully saturated rings. The first-order valence-electron chi connectivity index (χ1n) is 8.27. The molecule has 1 aliphatic heterocycles. The third kappa shape index (κ3) is 3.89. The highest BCUT2D eigenvalue weighted by atomic mass is 16.2. The van der Waals surface area contributed by atoms with Gasteiger partial charge < -0.3 is 10.2 Å². The molecule has 126 valence electrons. The average Bonchev–Trinajstić information content (AvgIpc) is 2.62. The number of pyridine rings is 2. The number of nitrogens with zero attached hydrogens (tertiary/aromatic N) is 4. The van der Waals surface area contributed by atoms with Crippen molar-refractivity contribution in [2.75, 3.05) is 36.4 Å². The van der Waals surface area contributed by atoms with E-state index in [2.05, 4.69) is 31.2 Å². The third-order valence-corrected chi connectivity index (χ3v) is 4.40. The fraction of sp³-hybridized carbons (Fsp3) is 0.389. The molecule has 2 aromatic rings. The molecule has 1 amide bonds. The molecule has 0 bridgehead atoms. The van der Waals surface area contributed by atoms with Crippen molar-refractivity contribution >= 4 is 17.4 Å². The van der Waals surface area contributed by atoms with Crippen molar-refractivity contribution in [2.24, 2.45) is 0 Å². The standard InChI is InChI=1S/C18H23N5O/c1-14-13-16(6-8-19-14)23-11-9-22(10-12-23)15(2)18(24)21-17-5-3-4-7-20-17/h3-8,13,15H,9-12H2,1-2H3,(H,20,21,24)/t15-/m1/s1. The fourth-order valence-electron chi connectivity index (χ4n) is 2.93. The maximum Gasteiger partial charge on any atom is 0.242 e. The summed E-state index contributed by atoms with van der Waals surface area (Å²) in [6, 6.07) is 9.47. The van der Waals surface area contributed by atoms with Gasteiger partial charge in [-0.3, -0.25) is 14.7 Å². The predicted octanol–water partition coefficient (Wildman–Crippen LogP) is 1.93. The summed E-state index contributed by atoms with van der Waals surface area (Å²) >= 11 is 0. The van der Waals surface area contributed by atoms with Gasteiger partial charge >= 0.3 is 0 Å². The van der Waals surface area contributed by atoms with E-state index in [4.69, 9.17) is 0 Å². The summed E-state index contributed by atoms with van der Waals surface area (Å²) in [5, 5.41) is 2.88. The highest BCUT2D eigenvalue weighted by Crippen LogP contribution is 2.17. The van der Waals surface area contributed by atoms with Crippen LogP contribution in [-0.4, -0.2) is 53.0 Å². The van der Waals surface area contributed by atoms with Crippen molar-refractivity contribution in [1.29, 1.82) is 0 Å². The summed E-state index contributed by atoms with van der Waals surface area (Å²) < 4.78 is 0. The highest BCUT2D eigenvalue weighted by Gasteiger charge is 2.25. The lowest BCUT2D eigenvalue weighted by atomic mass is 10.2. The Kier molecular flexibility index (Phi) is 5.05. The lowest BCUT2D eigenvalue weighted by molar-refractivity contribution is -0.120. The third-order valence-electron chi connectivity index (χ3n) is 4.40. The lowest BCUT2D eigenvalue weighted by Gasteiger charge is -2.38. The first-order chi connectivity index (χ1) is 11.6. The van der Waals surface area contributed by atoms with Crippen LogP contribution in [0.1, 0.15) is 12.6 Å². The molecule has 0 unspecified atom stereocenters. The van der Waals surface area contributed by atoms with Gasteiger partial charge in [0, 0.05) is 50.0 Å². The number of aromatic nitrogens is 2. The lowest BCUT2D eigenvalue weighted by Crippen LogP contribution is -2.52. The Balaban J connectivity index is 1.55. The smallest absolute Gasteiger partial charge is 0.242 e. The van der Waals surface area contributed by atoms with E-state index in [1.165, 1.54) is 5.69 Å². The van der Waals surface area contributed by atoms with E-state index >= 15 is 0 Å². The van der Waals surface area contributed by atoms with E-state index < -0.39 is 0 Å². The number of hydrogen-bond donors (Lipinski definition) is 1. The number of nitrogens with one attached hydrogen (secondary N) is 1. The van der Waals surface area contributed by atoms with Gasteiger partial charge in [-0.05, 0) is 38.1 Å². The first-order valence-corrected chi connectivity index (χ1v) is 8.27. The molecule has 0 saturated carbocycles. The number of amides is 1. The van der Waals surface area contributed by atoms with Crippen LogP contribution in [0.2, 0.25) is 0 Å². The van der Waals surface area contributed by atoms with Crippen molar-refractivity contribution in [1.82, 2.24) is 14.9 Å². The van der Waals surface area contributed by atoms with Crippen LogP contribution in [0.15, 0.2) is 42.7 Å². The normalized spacial score (nSPS) is 16.7.